The predicted molar refractivity (Wildman–Crippen MR) is 95.5 cm³/mol. The molecular weight excluding hydrogens is 380 g/mol. The van der Waals surface area contributed by atoms with Gasteiger partial charge in [-0.1, -0.05) is 17.7 Å². The van der Waals surface area contributed by atoms with Crippen molar-refractivity contribution in [2.24, 2.45) is 0 Å². The molecule has 1 heterocycles. The van der Waals surface area contributed by atoms with Crippen LogP contribution in [0.25, 0.3) is 0 Å². The van der Waals surface area contributed by atoms with Crippen LogP contribution in [0.3, 0.4) is 0 Å². The highest BCUT2D eigenvalue weighted by Gasteiger charge is 2.23. The molecule has 9 heteroatoms. The highest BCUT2D eigenvalue weighted by atomic mass is 35.5. The minimum Gasteiger partial charge on any atom is -0.497 e. The Kier molecular flexibility index (Phi) is 4.71. The van der Waals surface area contributed by atoms with Crippen LogP contribution in [-0.2, 0) is 10.0 Å². The Morgan fingerprint density at radius 1 is 1.08 bits per heavy atom. The SMILES string of the molecule is COc1cccc(C(=O)n2ccn(S(=O)(=O)c3ccc(Cl)cc3)c2=O)c1. The first kappa shape index (κ1) is 18.0. The first-order valence-electron chi connectivity index (χ1n) is 7.34. The molecule has 0 radical (unpaired) electrons. The van der Waals surface area contributed by atoms with E-state index in [0.29, 0.717) is 14.7 Å². The van der Waals surface area contributed by atoms with E-state index in [2.05, 4.69) is 0 Å². The molecule has 3 rings (SSSR count). The van der Waals surface area contributed by atoms with Gasteiger partial charge in [0.1, 0.15) is 5.75 Å². The van der Waals surface area contributed by atoms with Crippen molar-refractivity contribution in [3.8, 4) is 5.75 Å². The minimum atomic E-state index is -4.15. The molecule has 0 aliphatic rings. The zero-order chi connectivity index (χ0) is 18.9. The Morgan fingerprint density at radius 3 is 2.42 bits per heavy atom. The maximum atomic E-state index is 12.6. The highest BCUT2D eigenvalue weighted by molar-refractivity contribution is 7.90. The number of carbonyl (C=O) groups is 1. The number of aromatic nitrogens is 2. The first-order valence-corrected chi connectivity index (χ1v) is 9.16. The summed E-state index contributed by atoms with van der Waals surface area (Å²) in [5, 5.41) is 0.363. The Hall–Kier alpha value is -2.84. The summed E-state index contributed by atoms with van der Waals surface area (Å²) in [7, 11) is -2.70. The van der Waals surface area contributed by atoms with Crippen molar-refractivity contribution in [1.82, 2.24) is 8.54 Å². The van der Waals surface area contributed by atoms with Gasteiger partial charge in [0.2, 0.25) is 0 Å². The Labute approximate surface area is 154 Å². The molecule has 0 amide bonds. The minimum absolute atomic E-state index is 0.115. The molecule has 0 saturated heterocycles. The Balaban J connectivity index is 2.04. The molecule has 2 aromatic carbocycles. The van der Waals surface area contributed by atoms with E-state index in [9.17, 15) is 18.0 Å². The molecule has 0 spiro atoms. The van der Waals surface area contributed by atoms with E-state index < -0.39 is 21.6 Å². The van der Waals surface area contributed by atoms with Crippen LogP contribution in [0.2, 0.25) is 5.02 Å². The second-order valence-electron chi connectivity index (χ2n) is 5.24. The van der Waals surface area contributed by atoms with Crippen LogP contribution in [0.1, 0.15) is 10.4 Å². The van der Waals surface area contributed by atoms with Crippen molar-refractivity contribution in [2.45, 2.75) is 4.90 Å². The van der Waals surface area contributed by atoms with E-state index in [1.54, 1.807) is 12.1 Å². The second kappa shape index (κ2) is 6.81. The average Bonchev–Trinajstić information content (AvgIpc) is 3.03. The molecule has 0 aliphatic heterocycles. The summed E-state index contributed by atoms with van der Waals surface area (Å²) < 4.78 is 31.5. The van der Waals surface area contributed by atoms with Gasteiger partial charge in [0, 0.05) is 23.0 Å². The van der Waals surface area contributed by atoms with Crippen molar-refractivity contribution >= 4 is 27.5 Å². The van der Waals surface area contributed by atoms with Crippen molar-refractivity contribution in [3.63, 3.8) is 0 Å². The number of methoxy groups -OCH3 is 1. The number of benzene rings is 2. The number of imidazole rings is 1. The molecule has 0 bridgehead atoms. The number of halogens is 1. The standard InChI is InChI=1S/C17H13ClN2O5S/c1-25-14-4-2-3-12(11-14)16(21)19-9-10-20(17(19)22)26(23,24)15-7-5-13(18)6-8-15/h2-11H,1H3. The van der Waals surface area contributed by atoms with Crippen molar-refractivity contribution in [1.29, 1.82) is 0 Å². The molecule has 0 atom stereocenters. The molecule has 26 heavy (non-hydrogen) atoms. The van der Waals surface area contributed by atoms with E-state index in [1.807, 2.05) is 0 Å². The van der Waals surface area contributed by atoms with Gasteiger partial charge in [0.15, 0.2) is 0 Å². The molecule has 3 aromatic rings. The van der Waals surface area contributed by atoms with Crippen LogP contribution in [0.5, 0.6) is 5.75 Å². The van der Waals surface area contributed by atoms with Gasteiger partial charge < -0.3 is 4.74 Å². The maximum Gasteiger partial charge on any atom is 0.349 e. The molecule has 0 N–H and O–H groups in total. The number of nitrogens with zero attached hydrogens (tertiary/aromatic N) is 2. The van der Waals surface area contributed by atoms with Gasteiger partial charge in [-0.05, 0) is 42.5 Å². The summed E-state index contributed by atoms with van der Waals surface area (Å²) in [5.41, 5.74) is -0.805. The second-order valence-corrected chi connectivity index (χ2v) is 7.49. The van der Waals surface area contributed by atoms with Crippen LogP contribution in [0, 0.1) is 0 Å². The van der Waals surface area contributed by atoms with Crippen LogP contribution >= 0.6 is 11.6 Å². The summed E-state index contributed by atoms with van der Waals surface area (Å²) in [6, 6.07) is 11.6. The lowest BCUT2D eigenvalue weighted by Gasteiger charge is -2.05. The summed E-state index contributed by atoms with van der Waals surface area (Å²) in [6.07, 6.45) is 2.14. The molecule has 0 aliphatic carbocycles. The van der Waals surface area contributed by atoms with Gasteiger partial charge in [-0.15, -0.1) is 0 Å². The zero-order valence-corrected chi connectivity index (χ0v) is 15.1. The van der Waals surface area contributed by atoms with Crippen molar-refractivity contribution < 1.29 is 17.9 Å². The summed E-state index contributed by atoms with van der Waals surface area (Å²) in [4.78, 5) is 24.9. The summed E-state index contributed by atoms with van der Waals surface area (Å²) in [5.74, 6) is -0.226. The molecule has 7 nitrogen and oxygen atoms in total. The van der Waals surface area contributed by atoms with Gasteiger partial charge in [-0.3, -0.25) is 4.79 Å². The largest absolute Gasteiger partial charge is 0.497 e. The van der Waals surface area contributed by atoms with Crippen LogP contribution in [0.15, 0.2) is 70.6 Å². The quantitative estimate of drug-likeness (QED) is 0.679. The zero-order valence-electron chi connectivity index (χ0n) is 13.5. The monoisotopic (exact) mass is 392 g/mol. The number of ether oxygens (including phenoxy) is 1. The fourth-order valence-corrected chi connectivity index (χ4v) is 3.66. The normalized spacial score (nSPS) is 11.3. The number of carbonyl (C=O) groups excluding carboxylic acids is 1. The Morgan fingerprint density at radius 2 is 1.77 bits per heavy atom. The molecule has 134 valence electrons. The number of hydrogen-bond acceptors (Lipinski definition) is 5. The Bertz CT molecular complexity index is 1130. The van der Waals surface area contributed by atoms with E-state index >= 15 is 0 Å². The van der Waals surface area contributed by atoms with Gasteiger partial charge in [-0.25, -0.2) is 17.8 Å². The summed E-state index contributed by atoms with van der Waals surface area (Å²) in [6.45, 7) is 0. The van der Waals surface area contributed by atoms with Gasteiger partial charge in [0.25, 0.3) is 15.9 Å². The lowest BCUT2D eigenvalue weighted by molar-refractivity contribution is 0.0955. The van der Waals surface area contributed by atoms with Gasteiger partial charge >= 0.3 is 5.69 Å². The van der Waals surface area contributed by atoms with Crippen molar-refractivity contribution in [2.75, 3.05) is 7.11 Å². The van der Waals surface area contributed by atoms with Gasteiger partial charge in [0.05, 0.1) is 12.0 Å². The fourth-order valence-electron chi connectivity index (χ4n) is 2.31. The number of rotatable bonds is 4. The molecule has 0 unspecified atom stereocenters. The third-order valence-corrected chi connectivity index (χ3v) is 5.57. The topological polar surface area (TPSA) is 87.4 Å². The van der Waals surface area contributed by atoms with E-state index in [0.717, 1.165) is 17.0 Å². The number of hydrogen-bond donors (Lipinski definition) is 0. The van der Waals surface area contributed by atoms with Crippen LogP contribution in [0.4, 0.5) is 0 Å². The summed E-state index contributed by atoms with van der Waals surface area (Å²) >= 11 is 5.75. The van der Waals surface area contributed by atoms with Crippen LogP contribution < -0.4 is 10.4 Å². The molecule has 0 fully saturated rings. The molecule has 0 saturated carbocycles. The van der Waals surface area contributed by atoms with Crippen molar-refractivity contribution in [3.05, 3.63) is 82.0 Å². The lowest BCUT2D eigenvalue weighted by Crippen LogP contribution is -2.32. The third-order valence-electron chi connectivity index (χ3n) is 3.65. The average molecular weight is 393 g/mol. The third kappa shape index (κ3) is 3.16. The van der Waals surface area contributed by atoms with Crippen LogP contribution in [-0.4, -0.2) is 30.0 Å². The highest BCUT2D eigenvalue weighted by Crippen LogP contribution is 2.17. The van der Waals surface area contributed by atoms with E-state index in [-0.39, 0.29) is 10.5 Å². The molecular formula is C17H13ClN2O5S. The van der Waals surface area contributed by atoms with E-state index in [1.165, 1.54) is 43.5 Å². The fraction of sp³-hybridized carbons (Fsp3) is 0.0588. The lowest BCUT2D eigenvalue weighted by atomic mass is 10.2. The maximum absolute atomic E-state index is 12.6. The van der Waals surface area contributed by atoms with Gasteiger partial charge in [-0.2, -0.15) is 3.97 Å². The molecule has 1 aromatic heterocycles. The first-order chi connectivity index (χ1) is 12.3. The smallest absolute Gasteiger partial charge is 0.349 e. The predicted octanol–water partition coefficient (Wildman–Crippen LogP) is 2.24. The van der Waals surface area contributed by atoms with E-state index in [4.69, 9.17) is 16.3 Å².